The van der Waals surface area contributed by atoms with E-state index in [2.05, 4.69) is 6.07 Å². The molecule has 2 atom stereocenters. The van der Waals surface area contributed by atoms with Crippen LogP contribution in [0.3, 0.4) is 0 Å². The minimum absolute atomic E-state index is 0.133. The summed E-state index contributed by atoms with van der Waals surface area (Å²) in [6.07, 6.45) is 2.18. The number of benzene rings is 2. The third-order valence-electron chi connectivity index (χ3n) is 5.32. The standard InChI is InChI=1S/C24H29NO6/c1-6-9-30-23-17(14-25)10-15(11-20(23)26-2)18-7-8-19(31-18)16-12-21(27-3)24(29-5)22(13-16)28-4/h10-13,18-19H,6-9H2,1-5H3/t18-,19-/m1/s1. The molecule has 166 valence electrons. The van der Waals surface area contributed by atoms with Gasteiger partial charge in [0.1, 0.15) is 6.07 Å². The van der Waals surface area contributed by atoms with Gasteiger partial charge in [-0.15, -0.1) is 0 Å². The molecule has 1 aliphatic heterocycles. The van der Waals surface area contributed by atoms with Gasteiger partial charge in [-0.05, 0) is 54.7 Å². The van der Waals surface area contributed by atoms with Crippen molar-refractivity contribution in [2.45, 2.75) is 38.4 Å². The fourth-order valence-electron chi connectivity index (χ4n) is 3.81. The van der Waals surface area contributed by atoms with Crippen molar-refractivity contribution in [2.24, 2.45) is 0 Å². The number of hydrogen-bond donors (Lipinski definition) is 0. The summed E-state index contributed by atoms with van der Waals surface area (Å²) in [4.78, 5) is 0. The van der Waals surface area contributed by atoms with Gasteiger partial charge in [0.25, 0.3) is 0 Å². The normalized spacial score (nSPS) is 17.7. The van der Waals surface area contributed by atoms with E-state index in [0.29, 0.717) is 40.9 Å². The van der Waals surface area contributed by atoms with Gasteiger partial charge in [0, 0.05) is 0 Å². The molecule has 0 N–H and O–H groups in total. The van der Waals surface area contributed by atoms with Gasteiger partial charge < -0.3 is 28.4 Å². The lowest BCUT2D eigenvalue weighted by Gasteiger charge is -2.19. The zero-order chi connectivity index (χ0) is 22.4. The summed E-state index contributed by atoms with van der Waals surface area (Å²) < 4.78 is 34.0. The van der Waals surface area contributed by atoms with E-state index in [0.717, 1.165) is 30.4 Å². The van der Waals surface area contributed by atoms with E-state index in [1.807, 2.05) is 31.2 Å². The highest BCUT2D eigenvalue weighted by Crippen LogP contribution is 2.47. The van der Waals surface area contributed by atoms with Gasteiger partial charge in [0.2, 0.25) is 5.75 Å². The Labute approximate surface area is 183 Å². The second-order valence-electron chi connectivity index (χ2n) is 7.21. The van der Waals surface area contributed by atoms with Gasteiger partial charge in [-0.3, -0.25) is 0 Å². The van der Waals surface area contributed by atoms with Gasteiger partial charge in [0.05, 0.1) is 52.8 Å². The summed E-state index contributed by atoms with van der Waals surface area (Å²) >= 11 is 0. The molecule has 0 bridgehead atoms. The summed E-state index contributed by atoms with van der Waals surface area (Å²) in [5, 5.41) is 9.63. The van der Waals surface area contributed by atoms with Crippen LogP contribution in [0, 0.1) is 11.3 Å². The fourth-order valence-corrected chi connectivity index (χ4v) is 3.81. The Hall–Kier alpha value is -3.11. The molecule has 1 heterocycles. The molecule has 0 aliphatic carbocycles. The molecule has 7 nitrogen and oxygen atoms in total. The highest BCUT2D eigenvalue weighted by Gasteiger charge is 2.31. The summed E-state index contributed by atoms with van der Waals surface area (Å²) in [6.45, 7) is 2.54. The first-order valence-electron chi connectivity index (χ1n) is 10.3. The maximum Gasteiger partial charge on any atom is 0.203 e. The molecule has 1 saturated heterocycles. The van der Waals surface area contributed by atoms with Gasteiger partial charge in [0.15, 0.2) is 23.0 Å². The van der Waals surface area contributed by atoms with Gasteiger partial charge >= 0.3 is 0 Å². The monoisotopic (exact) mass is 427 g/mol. The van der Waals surface area contributed by atoms with Gasteiger partial charge in [-0.25, -0.2) is 0 Å². The summed E-state index contributed by atoms with van der Waals surface area (Å²) in [7, 11) is 6.35. The predicted molar refractivity (Wildman–Crippen MR) is 115 cm³/mol. The van der Waals surface area contributed by atoms with Crippen molar-refractivity contribution in [3.63, 3.8) is 0 Å². The summed E-state index contributed by atoms with van der Waals surface area (Å²) in [5.74, 6) is 2.76. The zero-order valence-electron chi connectivity index (χ0n) is 18.7. The highest BCUT2D eigenvalue weighted by atomic mass is 16.5. The van der Waals surface area contributed by atoms with Crippen LogP contribution in [-0.4, -0.2) is 35.0 Å². The number of hydrogen-bond acceptors (Lipinski definition) is 7. The van der Waals surface area contributed by atoms with Crippen LogP contribution in [0.1, 0.15) is 55.1 Å². The van der Waals surface area contributed by atoms with Crippen LogP contribution in [0.15, 0.2) is 24.3 Å². The molecule has 31 heavy (non-hydrogen) atoms. The first-order valence-corrected chi connectivity index (χ1v) is 10.3. The molecule has 2 aromatic rings. The van der Waals surface area contributed by atoms with E-state index in [9.17, 15) is 5.26 Å². The molecule has 7 heteroatoms. The highest BCUT2D eigenvalue weighted by molar-refractivity contribution is 5.56. The molecule has 0 unspecified atom stereocenters. The van der Waals surface area contributed by atoms with Crippen LogP contribution in [0.25, 0.3) is 0 Å². The number of nitriles is 1. The van der Waals surface area contributed by atoms with Crippen LogP contribution in [0.4, 0.5) is 0 Å². The van der Waals surface area contributed by atoms with Crippen LogP contribution in [-0.2, 0) is 4.74 Å². The average Bonchev–Trinajstić information content (AvgIpc) is 3.31. The van der Waals surface area contributed by atoms with Crippen molar-refractivity contribution >= 4 is 0 Å². The van der Waals surface area contributed by atoms with Crippen molar-refractivity contribution < 1.29 is 28.4 Å². The maximum absolute atomic E-state index is 9.63. The Morgan fingerprint density at radius 1 is 0.839 bits per heavy atom. The first-order chi connectivity index (χ1) is 15.1. The zero-order valence-corrected chi connectivity index (χ0v) is 18.7. The number of rotatable bonds is 9. The smallest absolute Gasteiger partial charge is 0.203 e. The Morgan fingerprint density at radius 3 is 1.81 bits per heavy atom. The number of methoxy groups -OCH3 is 4. The van der Waals surface area contributed by atoms with Gasteiger partial charge in [-0.1, -0.05) is 6.92 Å². The van der Waals surface area contributed by atoms with Crippen molar-refractivity contribution in [3.8, 4) is 34.8 Å². The quantitative estimate of drug-likeness (QED) is 0.559. The Bertz CT molecular complexity index is 927. The SMILES string of the molecule is CCCOc1c(C#N)cc([C@H]2CC[C@H](c3cc(OC)c(OC)c(OC)c3)O2)cc1OC. The molecule has 0 amide bonds. The molecule has 3 rings (SSSR count). The van der Waals surface area contributed by atoms with Gasteiger partial charge in [-0.2, -0.15) is 5.26 Å². The van der Waals surface area contributed by atoms with Crippen molar-refractivity contribution in [3.05, 3.63) is 41.0 Å². The van der Waals surface area contributed by atoms with E-state index in [4.69, 9.17) is 28.4 Å². The molecule has 0 aromatic heterocycles. The minimum atomic E-state index is -0.162. The van der Waals surface area contributed by atoms with E-state index >= 15 is 0 Å². The fraction of sp³-hybridized carbons (Fsp3) is 0.458. The Morgan fingerprint density at radius 2 is 1.35 bits per heavy atom. The third kappa shape index (κ3) is 4.64. The van der Waals surface area contributed by atoms with Crippen LogP contribution in [0.5, 0.6) is 28.7 Å². The number of ether oxygens (including phenoxy) is 6. The van der Waals surface area contributed by atoms with Crippen molar-refractivity contribution in [1.29, 1.82) is 5.26 Å². The third-order valence-corrected chi connectivity index (χ3v) is 5.32. The summed E-state index contributed by atoms with van der Waals surface area (Å²) in [6, 6.07) is 9.78. The minimum Gasteiger partial charge on any atom is -0.493 e. The second-order valence-corrected chi connectivity index (χ2v) is 7.21. The van der Waals surface area contributed by atoms with Crippen molar-refractivity contribution in [1.82, 2.24) is 0 Å². The molecule has 1 fully saturated rings. The number of nitrogens with zero attached hydrogens (tertiary/aromatic N) is 1. The van der Waals surface area contributed by atoms with E-state index in [1.165, 1.54) is 0 Å². The molecular formula is C24H29NO6. The molecule has 0 spiro atoms. The second kappa shape index (κ2) is 10.3. The topological polar surface area (TPSA) is 79.2 Å². The van der Waals surface area contributed by atoms with E-state index in [1.54, 1.807) is 28.4 Å². The largest absolute Gasteiger partial charge is 0.493 e. The van der Waals surface area contributed by atoms with Crippen LogP contribution in [0.2, 0.25) is 0 Å². The maximum atomic E-state index is 9.63. The lowest BCUT2D eigenvalue weighted by Crippen LogP contribution is -2.05. The Balaban J connectivity index is 1.88. The van der Waals surface area contributed by atoms with E-state index < -0.39 is 0 Å². The van der Waals surface area contributed by atoms with Crippen LogP contribution >= 0.6 is 0 Å². The Kier molecular flexibility index (Phi) is 7.48. The predicted octanol–water partition coefficient (Wildman–Crippen LogP) is 4.97. The molecule has 2 aromatic carbocycles. The molecular weight excluding hydrogens is 398 g/mol. The van der Waals surface area contributed by atoms with E-state index in [-0.39, 0.29) is 12.2 Å². The van der Waals surface area contributed by atoms with Crippen LogP contribution < -0.4 is 23.7 Å². The average molecular weight is 427 g/mol. The lowest BCUT2D eigenvalue weighted by atomic mass is 10.0. The molecule has 1 aliphatic rings. The first kappa shape index (κ1) is 22.6. The summed E-state index contributed by atoms with van der Waals surface area (Å²) in [5.41, 5.74) is 2.29. The lowest BCUT2D eigenvalue weighted by molar-refractivity contribution is 0.0436. The molecule has 0 radical (unpaired) electrons. The van der Waals surface area contributed by atoms with Crippen molar-refractivity contribution in [2.75, 3.05) is 35.0 Å². The molecule has 0 saturated carbocycles.